The Labute approximate surface area is 88.6 Å². The van der Waals surface area contributed by atoms with Crippen molar-refractivity contribution in [3.63, 3.8) is 0 Å². The van der Waals surface area contributed by atoms with Gasteiger partial charge in [0.15, 0.2) is 0 Å². The van der Waals surface area contributed by atoms with E-state index in [4.69, 9.17) is 10.2 Å². The molecule has 0 amide bonds. The Balaban J connectivity index is 2.88. The highest BCUT2D eigenvalue weighted by Gasteiger charge is 2.11. The predicted molar refractivity (Wildman–Crippen MR) is 58.2 cm³/mol. The highest BCUT2D eigenvalue weighted by molar-refractivity contribution is 5.94. The first kappa shape index (κ1) is 11.5. The Morgan fingerprint density at radius 3 is 2.67 bits per heavy atom. The average molecular weight is 209 g/mol. The van der Waals surface area contributed by atoms with Crippen molar-refractivity contribution in [2.75, 3.05) is 11.9 Å². The van der Waals surface area contributed by atoms with Gasteiger partial charge in [-0.2, -0.15) is 0 Å². The van der Waals surface area contributed by atoms with Gasteiger partial charge < -0.3 is 15.5 Å². The maximum Gasteiger partial charge on any atom is 0.337 e. The molecular weight excluding hydrogens is 194 g/mol. The van der Waals surface area contributed by atoms with Crippen LogP contribution < -0.4 is 5.32 Å². The summed E-state index contributed by atoms with van der Waals surface area (Å²) in [6.45, 7) is 1.92. The van der Waals surface area contributed by atoms with Crippen LogP contribution in [0, 0.1) is 0 Å². The molecule has 0 saturated heterocycles. The van der Waals surface area contributed by atoms with E-state index < -0.39 is 5.97 Å². The Morgan fingerprint density at radius 2 is 2.13 bits per heavy atom. The lowest BCUT2D eigenvalue weighted by atomic mass is 10.1. The van der Waals surface area contributed by atoms with Crippen molar-refractivity contribution in [2.45, 2.75) is 19.4 Å². The number of benzene rings is 1. The third kappa shape index (κ3) is 2.95. The number of nitrogens with one attached hydrogen (secondary N) is 1. The van der Waals surface area contributed by atoms with Crippen molar-refractivity contribution in [3.8, 4) is 0 Å². The summed E-state index contributed by atoms with van der Waals surface area (Å²) in [6.07, 6.45) is 0.741. The summed E-state index contributed by atoms with van der Waals surface area (Å²) in [4.78, 5) is 10.9. The van der Waals surface area contributed by atoms with Crippen molar-refractivity contribution in [1.82, 2.24) is 0 Å². The third-order valence-electron chi connectivity index (χ3n) is 2.23. The molecule has 1 unspecified atom stereocenters. The van der Waals surface area contributed by atoms with Crippen LogP contribution in [0.5, 0.6) is 0 Å². The first-order chi connectivity index (χ1) is 7.19. The summed E-state index contributed by atoms with van der Waals surface area (Å²) >= 11 is 0. The van der Waals surface area contributed by atoms with Crippen LogP contribution in [0.2, 0.25) is 0 Å². The lowest BCUT2D eigenvalue weighted by molar-refractivity contribution is 0.0698. The molecule has 0 heterocycles. The average Bonchev–Trinajstić information content (AvgIpc) is 2.26. The molecule has 0 aliphatic carbocycles. The fourth-order valence-corrected chi connectivity index (χ4v) is 1.29. The van der Waals surface area contributed by atoms with E-state index in [-0.39, 0.29) is 18.2 Å². The number of carboxylic acids is 1. The number of carbonyl (C=O) groups is 1. The van der Waals surface area contributed by atoms with Crippen LogP contribution in [0.25, 0.3) is 0 Å². The van der Waals surface area contributed by atoms with Crippen LogP contribution >= 0.6 is 0 Å². The molecule has 0 aliphatic rings. The molecule has 0 spiro atoms. The third-order valence-corrected chi connectivity index (χ3v) is 2.23. The van der Waals surface area contributed by atoms with Crippen LogP contribution in [-0.2, 0) is 0 Å². The minimum Gasteiger partial charge on any atom is -0.478 e. The Morgan fingerprint density at radius 1 is 1.47 bits per heavy atom. The molecule has 1 aromatic rings. The number of anilines is 1. The van der Waals surface area contributed by atoms with Gasteiger partial charge >= 0.3 is 5.97 Å². The molecule has 3 N–H and O–H groups in total. The fourth-order valence-electron chi connectivity index (χ4n) is 1.29. The zero-order chi connectivity index (χ0) is 11.3. The summed E-state index contributed by atoms with van der Waals surface area (Å²) in [5, 5.41) is 20.9. The molecule has 0 aliphatic heterocycles. The summed E-state index contributed by atoms with van der Waals surface area (Å²) < 4.78 is 0. The highest BCUT2D eigenvalue weighted by atomic mass is 16.4. The number of rotatable bonds is 5. The van der Waals surface area contributed by atoms with Crippen molar-refractivity contribution in [2.24, 2.45) is 0 Å². The van der Waals surface area contributed by atoms with Gasteiger partial charge in [0.2, 0.25) is 0 Å². The molecule has 0 fully saturated rings. The van der Waals surface area contributed by atoms with Crippen LogP contribution in [0.3, 0.4) is 0 Å². The molecule has 1 aromatic carbocycles. The molecule has 4 heteroatoms. The largest absolute Gasteiger partial charge is 0.478 e. The minimum absolute atomic E-state index is 0.00947. The van der Waals surface area contributed by atoms with Crippen LogP contribution in [-0.4, -0.2) is 28.8 Å². The van der Waals surface area contributed by atoms with E-state index in [1.54, 1.807) is 18.2 Å². The number of aromatic carboxylic acids is 1. The molecule has 0 radical (unpaired) electrons. The number of aliphatic hydroxyl groups is 1. The van der Waals surface area contributed by atoms with Gasteiger partial charge in [-0.05, 0) is 18.6 Å². The molecule has 1 rings (SSSR count). The lowest BCUT2D eigenvalue weighted by Gasteiger charge is -2.16. The lowest BCUT2D eigenvalue weighted by Crippen LogP contribution is -2.23. The maximum absolute atomic E-state index is 10.9. The monoisotopic (exact) mass is 209 g/mol. The molecule has 4 nitrogen and oxygen atoms in total. The molecule has 82 valence electrons. The van der Waals surface area contributed by atoms with Crippen molar-refractivity contribution < 1.29 is 15.0 Å². The number of para-hydroxylation sites is 1. The SMILES string of the molecule is CCC(CO)Nc1ccccc1C(=O)O. The van der Waals surface area contributed by atoms with Gasteiger partial charge in [0.1, 0.15) is 0 Å². The summed E-state index contributed by atoms with van der Waals surface area (Å²) in [5.74, 6) is -0.967. The number of hydrogen-bond acceptors (Lipinski definition) is 3. The molecular formula is C11H15NO3. The van der Waals surface area contributed by atoms with Crippen LogP contribution in [0.4, 0.5) is 5.69 Å². The van der Waals surface area contributed by atoms with Gasteiger partial charge in [-0.1, -0.05) is 19.1 Å². The standard InChI is InChI=1S/C11H15NO3/c1-2-8(7-13)12-10-6-4-3-5-9(10)11(14)15/h3-6,8,12-13H,2,7H2,1H3,(H,14,15). The quantitative estimate of drug-likeness (QED) is 0.688. The fraction of sp³-hybridized carbons (Fsp3) is 0.364. The topological polar surface area (TPSA) is 69.6 Å². The number of aliphatic hydroxyl groups excluding tert-OH is 1. The van der Waals surface area contributed by atoms with E-state index in [1.807, 2.05) is 6.92 Å². The Kier molecular flexibility index (Phi) is 4.12. The Bertz CT molecular complexity index is 334. The molecule has 0 aromatic heterocycles. The second-order valence-electron chi connectivity index (χ2n) is 3.28. The molecule has 1 atom stereocenters. The first-order valence-corrected chi connectivity index (χ1v) is 4.88. The van der Waals surface area contributed by atoms with E-state index in [0.29, 0.717) is 5.69 Å². The highest BCUT2D eigenvalue weighted by Crippen LogP contribution is 2.16. The normalized spacial score (nSPS) is 12.1. The van der Waals surface area contributed by atoms with Gasteiger partial charge in [0.25, 0.3) is 0 Å². The van der Waals surface area contributed by atoms with Crippen molar-refractivity contribution >= 4 is 11.7 Å². The number of hydrogen-bond donors (Lipinski definition) is 3. The van der Waals surface area contributed by atoms with E-state index in [2.05, 4.69) is 5.32 Å². The Hall–Kier alpha value is -1.55. The van der Waals surface area contributed by atoms with Crippen molar-refractivity contribution in [3.05, 3.63) is 29.8 Å². The summed E-state index contributed by atoms with van der Waals surface area (Å²) in [6, 6.07) is 6.56. The van der Waals surface area contributed by atoms with Gasteiger partial charge in [-0.3, -0.25) is 0 Å². The second kappa shape index (κ2) is 5.36. The smallest absolute Gasteiger partial charge is 0.337 e. The second-order valence-corrected chi connectivity index (χ2v) is 3.28. The van der Waals surface area contributed by atoms with Crippen molar-refractivity contribution in [1.29, 1.82) is 0 Å². The number of carboxylic acid groups (broad SMARTS) is 1. The van der Waals surface area contributed by atoms with Gasteiger partial charge in [-0.15, -0.1) is 0 Å². The molecule has 15 heavy (non-hydrogen) atoms. The maximum atomic E-state index is 10.9. The van der Waals surface area contributed by atoms with Gasteiger partial charge in [0, 0.05) is 11.7 Å². The van der Waals surface area contributed by atoms with E-state index >= 15 is 0 Å². The minimum atomic E-state index is -0.967. The van der Waals surface area contributed by atoms with Crippen LogP contribution in [0.15, 0.2) is 24.3 Å². The summed E-state index contributed by atoms with van der Waals surface area (Å²) in [5.41, 5.74) is 0.773. The zero-order valence-electron chi connectivity index (χ0n) is 8.60. The van der Waals surface area contributed by atoms with Gasteiger partial charge in [0.05, 0.1) is 12.2 Å². The molecule has 0 bridgehead atoms. The molecule has 0 saturated carbocycles. The van der Waals surface area contributed by atoms with Gasteiger partial charge in [-0.25, -0.2) is 4.79 Å². The first-order valence-electron chi connectivity index (χ1n) is 4.88. The van der Waals surface area contributed by atoms with Crippen LogP contribution in [0.1, 0.15) is 23.7 Å². The predicted octanol–water partition coefficient (Wildman–Crippen LogP) is 1.57. The van der Waals surface area contributed by atoms with E-state index in [9.17, 15) is 4.79 Å². The van der Waals surface area contributed by atoms with E-state index in [1.165, 1.54) is 6.07 Å². The zero-order valence-corrected chi connectivity index (χ0v) is 8.60. The summed E-state index contributed by atoms with van der Waals surface area (Å²) in [7, 11) is 0. The van der Waals surface area contributed by atoms with E-state index in [0.717, 1.165) is 6.42 Å².